The van der Waals surface area contributed by atoms with E-state index >= 15 is 0 Å². The molecule has 0 fully saturated rings. The van der Waals surface area contributed by atoms with Gasteiger partial charge < -0.3 is 31.1 Å². The van der Waals surface area contributed by atoms with Crippen molar-refractivity contribution in [3.05, 3.63) is 46.2 Å². The first kappa shape index (κ1) is 15.9. The average molecular weight is 332 g/mol. The zero-order chi connectivity index (χ0) is 17.4. The number of benzene rings is 1. The number of carbonyl (C=O) groups excluding carboxylic acids is 2. The third kappa shape index (κ3) is 2.67. The Morgan fingerprint density at radius 2 is 1.79 bits per heavy atom. The van der Waals surface area contributed by atoms with E-state index in [0.717, 1.165) is 6.08 Å². The molecule has 126 valence electrons. The zero-order valence-electron chi connectivity index (χ0n) is 12.5. The highest BCUT2D eigenvalue weighted by Gasteiger charge is 2.27. The van der Waals surface area contributed by atoms with Gasteiger partial charge in [-0.25, -0.2) is 0 Å². The van der Waals surface area contributed by atoms with Crippen molar-refractivity contribution < 1.29 is 30.0 Å². The Morgan fingerprint density at radius 3 is 2.54 bits per heavy atom. The van der Waals surface area contributed by atoms with Crippen molar-refractivity contribution in [2.75, 3.05) is 0 Å². The van der Waals surface area contributed by atoms with Crippen molar-refractivity contribution in [1.29, 1.82) is 0 Å². The molecule has 3 rings (SSSR count). The van der Waals surface area contributed by atoms with E-state index in [2.05, 4.69) is 10.6 Å². The van der Waals surface area contributed by atoms with Gasteiger partial charge in [0, 0.05) is 30.3 Å². The van der Waals surface area contributed by atoms with E-state index in [-0.39, 0.29) is 24.4 Å². The minimum atomic E-state index is -1.48. The van der Waals surface area contributed by atoms with Crippen LogP contribution < -0.4 is 10.6 Å². The standard InChI is InChI=1S/C16H16N2O6/c19-10-3-11(20)15(23)14-7-1-2-8(10)9(14)6-17-13(22)4-12(21)16(24)18-5-7/h1-3,12,19-21,23H,4-6H2,(H,17,22)(H,18,24). The second-order valence-corrected chi connectivity index (χ2v) is 5.60. The fourth-order valence-electron chi connectivity index (χ4n) is 2.79. The number of aliphatic hydroxyl groups excluding tert-OH is 4. The fourth-order valence-corrected chi connectivity index (χ4v) is 2.79. The summed E-state index contributed by atoms with van der Waals surface area (Å²) in [5.41, 5.74) is 1.44. The predicted octanol–water partition coefficient (Wildman–Crippen LogP) is 0.381. The monoisotopic (exact) mass is 332 g/mol. The summed E-state index contributed by atoms with van der Waals surface area (Å²) in [7, 11) is 0. The summed E-state index contributed by atoms with van der Waals surface area (Å²) in [4.78, 5) is 23.7. The number of carbonyl (C=O) groups is 2. The molecule has 0 saturated carbocycles. The molecule has 1 aliphatic carbocycles. The van der Waals surface area contributed by atoms with Gasteiger partial charge in [-0.3, -0.25) is 9.59 Å². The summed E-state index contributed by atoms with van der Waals surface area (Å²) in [6, 6.07) is 3.15. The minimum Gasteiger partial charge on any atom is -0.507 e. The summed E-state index contributed by atoms with van der Waals surface area (Å²) in [5, 5.41) is 45.0. The Hall–Kier alpha value is -3.00. The Labute approximate surface area is 136 Å². The largest absolute Gasteiger partial charge is 0.507 e. The Balaban J connectivity index is 2.17. The molecule has 0 aromatic heterocycles. The van der Waals surface area contributed by atoms with Crippen molar-refractivity contribution in [3.8, 4) is 0 Å². The van der Waals surface area contributed by atoms with Gasteiger partial charge in [0.1, 0.15) is 11.9 Å². The van der Waals surface area contributed by atoms with Crippen LogP contribution in [0.5, 0.6) is 0 Å². The van der Waals surface area contributed by atoms with Crippen LogP contribution in [-0.4, -0.2) is 38.3 Å². The highest BCUT2D eigenvalue weighted by atomic mass is 16.3. The molecule has 2 aliphatic rings. The molecule has 2 amide bonds. The van der Waals surface area contributed by atoms with Gasteiger partial charge in [-0.1, -0.05) is 12.1 Å². The van der Waals surface area contributed by atoms with E-state index in [4.69, 9.17) is 0 Å². The first-order valence-corrected chi connectivity index (χ1v) is 7.29. The van der Waals surface area contributed by atoms with Crippen molar-refractivity contribution in [1.82, 2.24) is 10.6 Å². The van der Waals surface area contributed by atoms with E-state index in [0.29, 0.717) is 16.7 Å². The van der Waals surface area contributed by atoms with Crippen LogP contribution in [0.3, 0.4) is 0 Å². The van der Waals surface area contributed by atoms with E-state index in [1.54, 1.807) is 12.1 Å². The van der Waals surface area contributed by atoms with Crippen molar-refractivity contribution in [3.63, 3.8) is 0 Å². The number of aliphatic hydroxyl groups is 4. The number of hydrogen-bond donors (Lipinski definition) is 6. The molecule has 8 nitrogen and oxygen atoms in total. The second kappa shape index (κ2) is 5.89. The molecule has 0 radical (unpaired) electrons. The summed E-state index contributed by atoms with van der Waals surface area (Å²) in [6.45, 7) is -0.0711. The number of hydrogen-bond acceptors (Lipinski definition) is 6. The van der Waals surface area contributed by atoms with Gasteiger partial charge in [0.05, 0.1) is 6.42 Å². The van der Waals surface area contributed by atoms with Crippen LogP contribution in [0.4, 0.5) is 0 Å². The highest BCUT2D eigenvalue weighted by molar-refractivity contribution is 5.88. The van der Waals surface area contributed by atoms with Gasteiger partial charge in [-0.2, -0.15) is 0 Å². The maximum absolute atomic E-state index is 11.9. The first-order chi connectivity index (χ1) is 11.4. The summed E-state index contributed by atoms with van der Waals surface area (Å²) < 4.78 is 0. The zero-order valence-corrected chi connectivity index (χ0v) is 12.5. The van der Waals surface area contributed by atoms with Crippen LogP contribution >= 0.6 is 0 Å². The first-order valence-electron chi connectivity index (χ1n) is 7.29. The third-order valence-corrected chi connectivity index (χ3v) is 4.02. The van der Waals surface area contributed by atoms with Gasteiger partial charge in [0.25, 0.3) is 0 Å². The van der Waals surface area contributed by atoms with Crippen LogP contribution in [0.2, 0.25) is 0 Å². The van der Waals surface area contributed by atoms with E-state index in [1.807, 2.05) is 0 Å². The van der Waals surface area contributed by atoms with E-state index in [9.17, 15) is 30.0 Å². The van der Waals surface area contributed by atoms with Gasteiger partial charge in [0.2, 0.25) is 11.8 Å². The summed E-state index contributed by atoms with van der Waals surface area (Å²) in [6.07, 6.45) is -0.870. The van der Waals surface area contributed by atoms with E-state index < -0.39 is 35.9 Å². The quantitative estimate of drug-likeness (QED) is 0.406. The van der Waals surface area contributed by atoms with Crippen LogP contribution in [0, 0.1) is 0 Å². The summed E-state index contributed by atoms with van der Waals surface area (Å²) in [5.74, 6) is -2.52. The van der Waals surface area contributed by atoms with Crippen molar-refractivity contribution >= 4 is 23.3 Å². The van der Waals surface area contributed by atoms with Crippen LogP contribution in [0.25, 0.3) is 11.5 Å². The molecule has 0 saturated heterocycles. The minimum absolute atomic E-state index is 0.0230. The summed E-state index contributed by atoms with van der Waals surface area (Å²) >= 11 is 0. The molecule has 1 unspecified atom stereocenters. The SMILES string of the molecule is O=C1CC(O)C(=O)NCc2ccc3c(c2C(O)=C(O)C=C3O)CN1. The van der Waals surface area contributed by atoms with Crippen LogP contribution in [-0.2, 0) is 22.7 Å². The Kier molecular flexibility index (Phi) is 3.90. The lowest BCUT2D eigenvalue weighted by atomic mass is 9.94. The van der Waals surface area contributed by atoms with Crippen molar-refractivity contribution in [2.45, 2.75) is 25.6 Å². The normalized spacial score (nSPS) is 21.2. The number of nitrogens with one attached hydrogen (secondary N) is 2. The molecule has 1 atom stereocenters. The van der Waals surface area contributed by atoms with Gasteiger partial charge in [-0.15, -0.1) is 0 Å². The topological polar surface area (TPSA) is 139 Å². The van der Waals surface area contributed by atoms with Crippen LogP contribution in [0.15, 0.2) is 24.0 Å². The molecule has 4 bridgehead atoms. The smallest absolute Gasteiger partial charge is 0.249 e. The molecule has 1 aromatic carbocycles. The molecular weight excluding hydrogens is 316 g/mol. The van der Waals surface area contributed by atoms with Gasteiger partial charge >= 0.3 is 0 Å². The maximum Gasteiger partial charge on any atom is 0.249 e. The molecule has 0 spiro atoms. The molecular formula is C16H16N2O6. The third-order valence-electron chi connectivity index (χ3n) is 4.02. The maximum atomic E-state index is 11.9. The fraction of sp³-hybridized carbons (Fsp3) is 0.250. The van der Waals surface area contributed by atoms with Crippen molar-refractivity contribution in [2.24, 2.45) is 0 Å². The Bertz CT molecular complexity index is 796. The molecule has 6 N–H and O–H groups in total. The highest BCUT2D eigenvalue weighted by Crippen LogP contribution is 2.34. The molecule has 1 aliphatic heterocycles. The van der Waals surface area contributed by atoms with E-state index in [1.165, 1.54) is 0 Å². The lowest BCUT2D eigenvalue weighted by Crippen LogP contribution is -2.37. The predicted molar refractivity (Wildman–Crippen MR) is 83.5 cm³/mol. The molecule has 24 heavy (non-hydrogen) atoms. The average Bonchev–Trinajstić information content (AvgIpc) is 2.60. The number of amides is 2. The number of rotatable bonds is 0. The van der Waals surface area contributed by atoms with Gasteiger partial charge in [-0.05, 0) is 11.1 Å². The Morgan fingerprint density at radius 1 is 1.04 bits per heavy atom. The number of allylic oxidation sites excluding steroid dienone is 1. The lowest BCUT2D eigenvalue weighted by molar-refractivity contribution is -0.134. The molecule has 8 heteroatoms. The van der Waals surface area contributed by atoms with Gasteiger partial charge in [0.15, 0.2) is 11.5 Å². The second-order valence-electron chi connectivity index (χ2n) is 5.60. The molecule has 1 heterocycles. The van der Waals surface area contributed by atoms with Crippen LogP contribution in [0.1, 0.15) is 28.7 Å². The molecule has 1 aromatic rings. The lowest BCUT2D eigenvalue weighted by Gasteiger charge is -2.17.